The number of hydrogen-bond donors (Lipinski definition) is 3. The zero-order valence-electron chi connectivity index (χ0n) is 22.4. The van der Waals surface area contributed by atoms with Crippen LogP contribution >= 0.6 is 11.3 Å². The smallest absolute Gasteiger partial charge is 0.350 e. The van der Waals surface area contributed by atoms with E-state index in [0.717, 1.165) is 11.3 Å². The van der Waals surface area contributed by atoms with Gasteiger partial charge in [-0.3, -0.25) is 10.1 Å². The van der Waals surface area contributed by atoms with Crippen LogP contribution in [0.5, 0.6) is 0 Å². The Balaban J connectivity index is 1.75. The van der Waals surface area contributed by atoms with Crippen molar-refractivity contribution in [3.63, 3.8) is 0 Å². The topological polar surface area (TPSA) is 141 Å². The number of aromatic nitrogens is 3. The minimum absolute atomic E-state index is 0.130. The molecule has 11 nitrogen and oxygen atoms in total. The van der Waals surface area contributed by atoms with Gasteiger partial charge >= 0.3 is 5.97 Å². The Morgan fingerprint density at radius 2 is 1.92 bits per heavy atom. The molecule has 0 atom stereocenters. The largest absolute Gasteiger partial charge is 0.462 e. The first-order valence-corrected chi connectivity index (χ1v) is 13.9. The molecule has 0 unspecified atom stereocenters. The number of likely N-dealkylation sites (N-methyl/N-ethyl adjacent to an activating group) is 1. The molecule has 1 aromatic carbocycles. The highest BCUT2D eigenvalue weighted by molar-refractivity contribution is 7.17. The molecule has 0 bridgehead atoms. The third kappa shape index (κ3) is 6.70. The Morgan fingerprint density at radius 3 is 2.62 bits per heavy atom. The minimum Gasteiger partial charge on any atom is -0.462 e. The van der Waals surface area contributed by atoms with Crippen molar-refractivity contribution < 1.29 is 24.5 Å². The van der Waals surface area contributed by atoms with E-state index < -0.39 is 5.97 Å². The normalized spacial score (nSPS) is 13.8. The first kappa shape index (κ1) is 28.4. The fourth-order valence-electron chi connectivity index (χ4n) is 4.40. The van der Waals surface area contributed by atoms with Crippen LogP contribution in [0, 0.1) is 6.92 Å². The summed E-state index contributed by atoms with van der Waals surface area (Å²) in [5.74, 6) is 0.284. The monoisotopic (exact) mass is 554 g/mol. The van der Waals surface area contributed by atoms with Gasteiger partial charge in [-0.05, 0) is 39.7 Å². The number of nitrogens with one attached hydrogen (secondary N) is 1. The quantitative estimate of drug-likeness (QED) is 0.320. The van der Waals surface area contributed by atoms with Gasteiger partial charge in [-0.1, -0.05) is 29.5 Å². The lowest BCUT2D eigenvalue weighted by molar-refractivity contribution is 0.0530. The van der Waals surface area contributed by atoms with Crippen LogP contribution in [0.15, 0.2) is 30.3 Å². The van der Waals surface area contributed by atoms with Gasteiger partial charge in [0.1, 0.15) is 10.7 Å². The molecule has 3 heterocycles. The SMILES string of the molecule is CCOC(=O)c1sc(Nc2nc(-c3ccccc3C(=O)N(CC)CCO)cc(N3CCC(O)CC3)n2)nc1C. The second-order valence-electron chi connectivity index (χ2n) is 9.09. The first-order valence-electron chi connectivity index (χ1n) is 13.1. The third-order valence-corrected chi connectivity index (χ3v) is 7.50. The van der Waals surface area contributed by atoms with Gasteiger partial charge in [-0.2, -0.15) is 4.98 Å². The molecule has 1 saturated heterocycles. The number of piperidine rings is 1. The molecule has 1 amide bonds. The van der Waals surface area contributed by atoms with Gasteiger partial charge in [0.2, 0.25) is 5.95 Å². The highest BCUT2D eigenvalue weighted by Crippen LogP contribution is 2.31. The zero-order chi connectivity index (χ0) is 27.9. The Bertz CT molecular complexity index is 1310. The van der Waals surface area contributed by atoms with Gasteiger partial charge in [0.05, 0.1) is 30.7 Å². The summed E-state index contributed by atoms with van der Waals surface area (Å²) in [6, 6.07) is 9.07. The number of hydrogen-bond acceptors (Lipinski definition) is 11. The number of carbonyl (C=O) groups excluding carboxylic acids is 2. The van der Waals surface area contributed by atoms with Crippen molar-refractivity contribution in [2.75, 3.05) is 49.6 Å². The number of carbonyl (C=O) groups is 2. The number of amides is 1. The second kappa shape index (κ2) is 13.0. The Labute approximate surface area is 231 Å². The van der Waals surface area contributed by atoms with E-state index in [1.165, 1.54) is 0 Å². The maximum absolute atomic E-state index is 13.4. The maximum atomic E-state index is 13.4. The molecule has 1 fully saturated rings. The first-order chi connectivity index (χ1) is 18.8. The van der Waals surface area contributed by atoms with Crippen LogP contribution in [0.3, 0.4) is 0 Å². The van der Waals surface area contributed by atoms with E-state index in [-0.39, 0.29) is 37.7 Å². The zero-order valence-corrected chi connectivity index (χ0v) is 23.2. The van der Waals surface area contributed by atoms with Crippen molar-refractivity contribution in [3.8, 4) is 11.3 Å². The molecule has 0 saturated carbocycles. The lowest BCUT2D eigenvalue weighted by Crippen LogP contribution is -2.36. The van der Waals surface area contributed by atoms with Crippen LogP contribution in [-0.2, 0) is 4.74 Å². The molecular weight excluding hydrogens is 520 g/mol. The molecule has 3 N–H and O–H groups in total. The van der Waals surface area contributed by atoms with Gasteiger partial charge in [0.15, 0.2) is 5.13 Å². The lowest BCUT2D eigenvalue weighted by atomic mass is 10.0. The van der Waals surface area contributed by atoms with Gasteiger partial charge in [-0.25, -0.2) is 14.8 Å². The summed E-state index contributed by atoms with van der Waals surface area (Å²) in [7, 11) is 0. The number of anilines is 3. The van der Waals surface area contributed by atoms with E-state index in [1.807, 2.05) is 25.1 Å². The molecule has 0 radical (unpaired) electrons. The van der Waals surface area contributed by atoms with Crippen LogP contribution in [0.2, 0.25) is 0 Å². The van der Waals surface area contributed by atoms with Gasteiger partial charge in [-0.15, -0.1) is 0 Å². The predicted octanol–water partition coefficient (Wildman–Crippen LogP) is 3.24. The van der Waals surface area contributed by atoms with E-state index in [2.05, 4.69) is 15.2 Å². The van der Waals surface area contributed by atoms with Crippen molar-refractivity contribution >= 4 is 40.1 Å². The molecule has 208 valence electrons. The maximum Gasteiger partial charge on any atom is 0.350 e. The summed E-state index contributed by atoms with van der Waals surface area (Å²) in [6.07, 6.45) is 0.904. The van der Waals surface area contributed by atoms with Crippen LogP contribution in [-0.4, -0.2) is 87.4 Å². The molecule has 39 heavy (non-hydrogen) atoms. The average Bonchev–Trinajstić information content (AvgIpc) is 3.31. The van der Waals surface area contributed by atoms with Crippen molar-refractivity contribution in [2.45, 2.75) is 39.7 Å². The Hall–Kier alpha value is -3.61. The number of esters is 1. The van der Waals surface area contributed by atoms with Crippen LogP contribution in [0.1, 0.15) is 52.4 Å². The fourth-order valence-corrected chi connectivity index (χ4v) is 5.26. The van der Waals surface area contributed by atoms with Crippen molar-refractivity contribution in [3.05, 3.63) is 46.5 Å². The van der Waals surface area contributed by atoms with E-state index >= 15 is 0 Å². The highest BCUT2D eigenvalue weighted by atomic mass is 32.1. The molecule has 3 aromatic rings. The number of rotatable bonds is 10. The summed E-state index contributed by atoms with van der Waals surface area (Å²) in [5, 5.41) is 23.0. The molecule has 1 aliphatic heterocycles. The number of nitrogens with zero attached hydrogens (tertiary/aromatic N) is 5. The molecule has 0 aliphatic carbocycles. The van der Waals surface area contributed by atoms with Gasteiger partial charge in [0.25, 0.3) is 5.91 Å². The number of aryl methyl sites for hydroxylation is 1. The molecule has 0 spiro atoms. The van der Waals surface area contributed by atoms with Crippen LogP contribution in [0.4, 0.5) is 16.9 Å². The van der Waals surface area contributed by atoms with E-state index in [9.17, 15) is 19.8 Å². The van der Waals surface area contributed by atoms with Crippen molar-refractivity contribution in [2.24, 2.45) is 0 Å². The summed E-state index contributed by atoms with van der Waals surface area (Å²) in [6.45, 7) is 7.43. The summed E-state index contributed by atoms with van der Waals surface area (Å²) < 4.78 is 5.13. The standard InChI is InChI=1S/C27H34N6O5S/c1-4-32(14-15-34)24(36)20-9-7-6-8-19(20)21-16-22(33-12-10-18(35)11-13-33)30-26(29-21)31-27-28-17(3)23(39-27)25(37)38-5-2/h6-9,16,18,34-35H,4-5,10-15H2,1-3H3,(H,28,29,30,31). The Kier molecular flexibility index (Phi) is 9.44. The third-order valence-electron chi connectivity index (χ3n) is 6.45. The summed E-state index contributed by atoms with van der Waals surface area (Å²) in [4.78, 5) is 43.7. The number of aliphatic hydroxyl groups is 2. The predicted molar refractivity (Wildman–Crippen MR) is 150 cm³/mol. The van der Waals surface area contributed by atoms with E-state index in [1.54, 1.807) is 30.9 Å². The molecule has 12 heteroatoms. The van der Waals surface area contributed by atoms with Gasteiger partial charge in [0, 0.05) is 43.4 Å². The summed E-state index contributed by atoms with van der Waals surface area (Å²) >= 11 is 1.16. The molecular formula is C27H34N6O5S. The van der Waals surface area contributed by atoms with Crippen molar-refractivity contribution in [1.82, 2.24) is 19.9 Å². The van der Waals surface area contributed by atoms with Crippen molar-refractivity contribution in [1.29, 1.82) is 0 Å². The molecule has 4 rings (SSSR count). The number of thiazole rings is 1. The lowest BCUT2D eigenvalue weighted by Gasteiger charge is -2.31. The minimum atomic E-state index is -0.432. The molecule has 2 aromatic heterocycles. The second-order valence-corrected chi connectivity index (χ2v) is 10.1. The van der Waals surface area contributed by atoms with E-state index in [0.29, 0.717) is 70.8 Å². The fraction of sp³-hybridized carbons (Fsp3) is 0.444. The molecule has 1 aliphatic rings. The van der Waals surface area contributed by atoms with Gasteiger partial charge < -0.3 is 24.7 Å². The number of aliphatic hydroxyl groups excluding tert-OH is 2. The van der Waals surface area contributed by atoms with Crippen LogP contribution in [0.25, 0.3) is 11.3 Å². The highest BCUT2D eigenvalue weighted by Gasteiger charge is 2.24. The summed E-state index contributed by atoms with van der Waals surface area (Å²) in [5.41, 5.74) is 2.18. The van der Waals surface area contributed by atoms with E-state index in [4.69, 9.17) is 14.7 Å². The number of ether oxygens (including phenoxy) is 1. The van der Waals surface area contributed by atoms with Crippen LogP contribution < -0.4 is 10.2 Å². The Morgan fingerprint density at radius 1 is 1.18 bits per heavy atom. The average molecular weight is 555 g/mol. The number of benzene rings is 1.